The van der Waals surface area contributed by atoms with E-state index in [4.69, 9.17) is 16.3 Å². The second-order valence-corrected chi connectivity index (χ2v) is 7.09. The van der Waals surface area contributed by atoms with Crippen LogP contribution in [0.15, 0.2) is 36.4 Å². The maximum Gasteiger partial charge on any atom is 0.127 e. The molecule has 0 N–H and O–H groups in total. The van der Waals surface area contributed by atoms with Crippen molar-refractivity contribution in [1.82, 2.24) is 0 Å². The molecule has 0 saturated heterocycles. The highest BCUT2D eigenvalue weighted by atomic mass is 127. The molecule has 19 heavy (non-hydrogen) atoms. The summed E-state index contributed by atoms with van der Waals surface area (Å²) in [5.74, 6) is 0.991. The van der Waals surface area contributed by atoms with Crippen LogP contribution in [0.25, 0.3) is 0 Å². The fourth-order valence-electron chi connectivity index (χ4n) is 2.30. The van der Waals surface area contributed by atoms with E-state index in [0.29, 0.717) is 0 Å². The lowest BCUT2D eigenvalue weighted by Gasteiger charge is -2.15. The summed E-state index contributed by atoms with van der Waals surface area (Å²) < 4.78 is 6.99. The Morgan fingerprint density at radius 2 is 1.95 bits per heavy atom. The molecular formula is C15H11BrClIO. The Bertz CT molecular complexity index is 612. The lowest BCUT2D eigenvalue weighted by Crippen LogP contribution is -1.97. The summed E-state index contributed by atoms with van der Waals surface area (Å²) in [6.07, 6.45) is 0.940. The fraction of sp³-hybridized carbons (Fsp3) is 0.200. The molecule has 0 radical (unpaired) electrons. The third-order valence-electron chi connectivity index (χ3n) is 3.21. The van der Waals surface area contributed by atoms with Gasteiger partial charge < -0.3 is 4.74 Å². The summed E-state index contributed by atoms with van der Waals surface area (Å²) in [6, 6.07) is 12.5. The standard InChI is InChI=1S/C15H11BrClIO/c16-14(9-1-3-12(18)4-2-9)13-8-11(17)7-10-5-6-19-15(10)13/h1-4,7-8,14H,5-6H2. The van der Waals surface area contributed by atoms with Crippen LogP contribution < -0.4 is 4.74 Å². The molecule has 3 rings (SSSR count). The molecule has 2 aromatic rings. The number of alkyl halides is 1. The van der Waals surface area contributed by atoms with Crippen molar-refractivity contribution in [3.8, 4) is 5.75 Å². The molecule has 4 heteroatoms. The minimum absolute atomic E-state index is 0.107. The quantitative estimate of drug-likeness (QED) is 0.443. The van der Waals surface area contributed by atoms with Crippen LogP contribution in [0.2, 0.25) is 5.02 Å². The highest BCUT2D eigenvalue weighted by Crippen LogP contribution is 2.42. The molecule has 1 aliphatic heterocycles. The van der Waals surface area contributed by atoms with Crippen molar-refractivity contribution in [2.75, 3.05) is 6.61 Å². The van der Waals surface area contributed by atoms with E-state index in [2.05, 4.69) is 62.8 Å². The van der Waals surface area contributed by atoms with E-state index in [1.807, 2.05) is 12.1 Å². The van der Waals surface area contributed by atoms with Gasteiger partial charge in [0, 0.05) is 20.6 Å². The normalized spacial score (nSPS) is 14.9. The lowest BCUT2D eigenvalue weighted by atomic mass is 10.0. The summed E-state index contributed by atoms with van der Waals surface area (Å²) in [7, 11) is 0. The average molecular weight is 450 g/mol. The summed E-state index contributed by atoms with van der Waals surface area (Å²) in [5.41, 5.74) is 3.53. The highest BCUT2D eigenvalue weighted by molar-refractivity contribution is 14.1. The fourth-order valence-corrected chi connectivity index (χ4v) is 3.55. The van der Waals surface area contributed by atoms with Gasteiger partial charge >= 0.3 is 0 Å². The van der Waals surface area contributed by atoms with Gasteiger partial charge in [-0.1, -0.05) is 39.7 Å². The zero-order valence-corrected chi connectivity index (χ0v) is 14.5. The van der Waals surface area contributed by atoms with E-state index in [9.17, 15) is 0 Å². The molecule has 0 saturated carbocycles. The van der Waals surface area contributed by atoms with Gasteiger partial charge in [-0.3, -0.25) is 0 Å². The van der Waals surface area contributed by atoms with Gasteiger partial charge in [-0.05, 0) is 58.0 Å². The molecule has 1 aliphatic rings. The molecule has 1 nitrogen and oxygen atoms in total. The molecule has 0 fully saturated rings. The molecule has 98 valence electrons. The van der Waals surface area contributed by atoms with Crippen LogP contribution in [-0.2, 0) is 6.42 Å². The van der Waals surface area contributed by atoms with Crippen molar-refractivity contribution in [1.29, 1.82) is 0 Å². The van der Waals surface area contributed by atoms with Gasteiger partial charge in [-0.2, -0.15) is 0 Å². The third-order valence-corrected chi connectivity index (χ3v) is 5.17. The summed E-state index contributed by atoms with van der Waals surface area (Å²) >= 11 is 12.3. The number of hydrogen-bond acceptors (Lipinski definition) is 1. The Balaban J connectivity index is 2.04. The second-order valence-electron chi connectivity index (χ2n) is 4.50. The SMILES string of the molecule is Clc1cc2c(c(C(Br)c3ccc(I)cc3)c1)OCC2. The zero-order chi connectivity index (χ0) is 13.4. The van der Waals surface area contributed by atoms with Crippen LogP contribution in [0, 0.1) is 3.57 Å². The largest absolute Gasteiger partial charge is 0.493 e. The third kappa shape index (κ3) is 2.78. The first-order valence-electron chi connectivity index (χ1n) is 6.00. The van der Waals surface area contributed by atoms with Crippen molar-refractivity contribution >= 4 is 50.1 Å². The van der Waals surface area contributed by atoms with E-state index < -0.39 is 0 Å². The van der Waals surface area contributed by atoms with E-state index in [1.54, 1.807) is 0 Å². The zero-order valence-electron chi connectivity index (χ0n) is 10.00. The Morgan fingerprint density at radius 1 is 1.21 bits per heavy atom. The van der Waals surface area contributed by atoms with E-state index in [1.165, 1.54) is 14.7 Å². The predicted molar refractivity (Wildman–Crippen MR) is 90.6 cm³/mol. The monoisotopic (exact) mass is 448 g/mol. The van der Waals surface area contributed by atoms with Gasteiger partial charge in [0.05, 0.1) is 11.4 Å². The minimum Gasteiger partial charge on any atom is -0.493 e. The number of rotatable bonds is 2. The van der Waals surface area contributed by atoms with Crippen molar-refractivity contribution in [2.24, 2.45) is 0 Å². The van der Waals surface area contributed by atoms with Crippen LogP contribution in [0.4, 0.5) is 0 Å². The van der Waals surface area contributed by atoms with Crippen LogP contribution >= 0.6 is 50.1 Å². The average Bonchev–Trinajstić information content (AvgIpc) is 2.85. The first-order chi connectivity index (χ1) is 9.15. The lowest BCUT2D eigenvalue weighted by molar-refractivity contribution is 0.354. The van der Waals surface area contributed by atoms with Crippen LogP contribution in [0.1, 0.15) is 21.5 Å². The molecule has 2 aromatic carbocycles. The van der Waals surface area contributed by atoms with Crippen LogP contribution in [-0.4, -0.2) is 6.61 Å². The van der Waals surface area contributed by atoms with Crippen LogP contribution in [0.5, 0.6) is 5.75 Å². The van der Waals surface area contributed by atoms with Gasteiger partial charge in [0.1, 0.15) is 5.75 Å². The van der Waals surface area contributed by atoms with Crippen molar-refractivity contribution in [3.63, 3.8) is 0 Å². The van der Waals surface area contributed by atoms with Crippen molar-refractivity contribution in [2.45, 2.75) is 11.2 Å². The molecular weight excluding hydrogens is 438 g/mol. The smallest absolute Gasteiger partial charge is 0.127 e. The molecule has 1 atom stereocenters. The number of halogens is 3. The van der Waals surface area contributed by atoms with Gasteiger partial charge in [-0.15, -0.1) is 0 Å². The molecule has 0 bridgehead atoms. The highest BCUT2D eigenvalue weighted by Gasteiger charge is 2.22. The van der Waals surface area contributed by atoms with Gasteiger partial charge in [0.2, 0.25) is 0 Å². The Labute approximate surface area is 139 Å². The first kappa shape index (κ1) is 13.7. The Morgan fingerprint density at radius 3 is 2.68 bits per heavy atom. The topological polar surface area (TPSA) is 9.23 Å². The Hall–Kier alpha value is -0.260. The van der Waals surface area contributed by atoms with Gasteiger partial charge in [-0.25, -0.2) is 0 Å². The maximum absolute atomic E-state index is 6.21. The van der Waals surface area contributed by atoms with E-state index >= 15 is 0 Å². The summed E-state index contributed by atoms with van der Waals surface area (Å²) in [6.45, 7) is 0.745. The molecule has 0 aromatic heterocycles. The van der Waals surface area contributed by atoms with E-state index in [0.717, 1.165) is 29.4 Å². The van der Waals surface area contributed by atoms with Gasteiger partial charge in [0.15, 0.2) is 0 Å². The maximum atomic E-state index is 6.21. The molecule has 1 unspecified atom stereocenters. The second kappa shape index (κ2) is 5.62. The summed E-state index contributed by atoms with van der Waals surface area (Å²) in [4.78, 5) is 0.107. The number of fused-ring (bicyclic) bond motifs is 1. The van der Waals surface area contributed by atoms with Gasteiger partial charge in [0.25, 0.3) is 0 Å². The number of benzene rings is 2. The molecule has 1 heterocycles. The Kier molecular flexibility index (Phi) is 4.06. The predicted octanol–water partition coefficient (Wildman–Crippen LogP) is 5.36. The van der Waals surface area contributed by atoms with Crippen LogP contribution in [0.3, 0.4) is 0 Å². The molecule has 0 amide bonds. The minimum atomic E-state index is 0.107. The van der Waals surface area contributed by atoms with E-state index in [-0.39, 0.29) is 4.83 Å². The number of ether oxygens (including phenoxy) is 1. The summed E-state index contributed by atoms with van der Waals surface area (Å²) in [5, 5.41) is 0.772. The molecule has 0 spiro atoms. The van der Waals surface area contributed by atoms with Crippen molar-refractivity contribution < 1.29 is 4.74 Å². The van der Waals surface area contributed by atoms with Crippen molar-refractivity contribution in [3.05, 3.63) is 61.7 Å². The number of hydrogen-bond donors (Lipinski definition) is 0. The first-order valence-corrected chi connectivity index (χ1v) is 8.37. The molecule has 0 aliphatic carbocycles.